The van der Waals surface area contributed by atoms with E-state index in [2.05, 4.69) is 25.6 Å². The van der Waals surface area contributed by atoms with Gasteiger partial charge in [0, 0.05) is 25.7 Å². The molecule has 18 heavy (non-hydrogen) atoms. The molecule has 0 aliphatic heterocycles. The Kier molecular flexibility index (Phi) is 2.89. The van der Waals surface area contributed by atoms with Crippen LogP contribution >= 0.6 is 0 Å². The van der Waals surface area contributed by atoms with Crippen molar-refractivity contribution in [2.45, 2.75) is 25.4 Å². The normalized spacial score (nSPS) is 14.7. The zero-order valence-corrected chi connectivity index (χ0v) is 10.1. The molecular formula is C11H14N6O. The summed E-state index contributed by atoms with van der Waals surface area (Å²) in [6.07, 6.45) is 4.09. The first-order valence-corrected chi connectivity index (χ1v) is 5.89. The number of nitrogens with zero attached hydrogens (tertiary/aromatic N) is 5. The standard InChI is InChI=1S/C11H14N6O/c1-17-7-13-11(16-17)18-10-5-4-9(14-15-10)6-12-8-2-3-8/h4-5,7-8,12H,2-3,6H2,1H3. The van der Waals surface area contributed by atoms with E-state index in [4.69, 9.17) is 4.74 Å². The molecule has 2 aromatic heterocycles. The Morgan fingerprint density at radius 3 is 2.89 bits per heavy atom. The summed E-state index contributed by atoms with van der Waals surface area (Å²) >= 11 is 0. The van der Waals surface area contributed by atoms with Crippen LogP contribution in [-0.2, 0) is 13.6 Å². The van der Waals surface area contributed by atoms with E-state index in [0.717, 1.165) is 12.2 Å². The van der Waals surface area contributed by atoms with Crippen molar-refractivity contribution in [1.29, 1.82) is 0 Å². The fraction of sp³-hybridized carbons (Fsp3) is 0.455. The van der Waals surface area contributed by atoms with Crippen LogP contribution in [0.1, 0.15) is 18.5 Å². The molecule has 0 amide bonds. The van der Waals surface area contributed by atoms with Gasteiger partial charge in [0.2, 0.25) is 5.88 Å². The molecule has 0 unspecified atom stereocenters. The van der Waals surface area contributed by atoms with Gasteiger partial charge in [0.25, 0.3) is 0 Å². The topological polar surface area (TPSA) is 77.8 Å². The number of rotatable bonds is 5. The Balaban J connectivity index is 1.59. The van der Waals surface area contributed by atoms with Crippen LogP contribution in [0.25, 0.3) is 0 Å². The third kappa shape index (κ3) is 2.80. The van der Waals surface area contributed by atoms with Crippen LogP contribution in [0.3, 0.4) is 0 Å². The molecule has 0 bridgehead atoms. The van der Waals surface area contributed by atoms with Gasteiger partial charge < -0.3 is 10.1 Å². The van der Waals surface area contributed by atoms with Crippen LogP contribution < -0.4 is 10.1 Å². The van der Waals surface area contributed by atoms with E-state index in [9.17, 15) is 0 Å². The number of nitrogens with one attached hydrogen (secondary N) is 1. The molecular weight excluding hydrogens is 232 g/mol. The highest BCUT2D eigenvalue weighted by molar-refractivity contribution is 5.14. The predicted octanol–water partition coefficient (Wildman–Crippen LogP) is 0.649. The van der Waals surface area contributed by atoms with Crippen molar-refractivity contribution < 1.29 is 4.74 Å². The van der Waals surface area contributed by atoms with Crippen LogP contribution in [0.5, 0.6) is 11.9 Å². The van der Waals surface area contributed by atoms with Gasteiger partial charge in [0.15, 0.2) is 0 Å². The average Bonchev–Trinajstić information content (AvgIpc) is 3.12. The molecule has 1 fully saturated rings. The van der Waals surface area contributed by atoms with Gasteiger partial charge in [-0.25, -0.2) is 0 Å². The molecule has 0 radical (unpaired) electrons. The van der Waals surface area contributed by atoms with Crippen LogP contribution in [0.15, 0.2) is 18.5 Å². The summed E-state index contributed by atoms with van der Waals surface area (Å²) in [5.41, 5.74) is 0.906. The molecule has 1 aliphatic rings. The minimum Gasteiger partial charge on any atom is -0.402 e. The minimum absolute atomic E-state index is 0.274. The molecule has 7 heteroatoms. The van der Waals surface area contributed by atoms with E-state index >= 15 is 0 Å². The molecule has 0 saturated heterocycles. The minimum atomic E-state index is 0.274. The van der Waals surface area contributed by atoms with Crippen molar-refractivity contribution >= 4 is 0 Å². The van der Waals surface area contributed by atoms with Crippen molar-refractivity contribution in [3.63, 3.8) is 0 Å². The van der Waals surface area contributed by atoms with Gasteiger partial charge >= 0.3 is 6.01 Å². The maximum atomic E-state index is 5.36. The van der Waals surface area contributed by atoms with Gasteiger partial charge in [0.1, 0.15) is 6.33 Å². The van der Waals surface area contributed by atoms with Gasteiger partial charge in [-0.15, -0.1) is 10.2 Å². The summed E-state index contributed by atoms with van der Waals surface area (Å²) in [6.45, 7) is 0.750. The van der Waals surface area contributed by atoms with Crippen molar-refractivity contribution in [2.75, 3.05) is 0 Å². The Morgan fingerprint density at radius 1 is 1.39 bits per heavy atom. The molecule has 94 valence electrons. The van der Waals surface area contributed by atoms with E-state index in [1.165, 1.54) is 12.8 Å². The second-order valence-electron chi connectivity index (χ2n) is 4.32. The Bertz CT molecular complexity index is 519. The number of aromatic nitrogens is 5. The number of ether oxygens (including phenoxy) is 1. The van der Waals surface area contributed by atoms with E-state index < -0.39 is 0 Å². The van der Waals surface area contributed by atoms with Crippen LogP contribution in [0.4, 0.5) is 0 Å². The fourth-order valence-corrected chi connectivity index (χ4v) is 1.49. The van der Waals surface area contributed by atoms with Crippen molar-refractivity contribution in [2.24, 2.45) is 7.05 Å². The Morgan fingerprint density at radius 2 is 2.28 bits per heavy atom. The first-order valence-electron chi connectivity index (χ1n) is 5.89. The molecule has 2 aromatic rings. The lowest BCUT2D eigenvalue weighted by Gasteiger charge is -2.02. The van der Waals surface area contributed by atoms with E-state index in [1.54, 1.807) is 24.1 Å². The summed E-state index contributed by atoms with van der Waals surface area (Å²) in [6, 6.07) is 4.60. The largest absolute Gasteiger partial charge is 0.402 e. The summed E-state index contributed by atoms with van der Waals surface area (Å²) < 4.78 is 6.92. The second kappa shape index (κ2) is 4.69. The molecule has 7 nitrogen and oxygen atoms in total. The number of hydrogen-bond acceptors (Lipinski definition) is 6. The molecule has 1 aliphatic carbocycles. The van der Waals surface area contributed by atoms with Crippen LogP contribution in [-0.4, -0.2) is 31.0 Å². The van der Waals surface area contributed by atoms with Crippen molar-refractivity contribution in [3.8, 4) is 11.9 Å². The molecule has 0 spiro atoms. The average molecular weight is 246 g/mol. The highest BCUT2D eigenvalue weighted by Crippen LogP contribution is 2.19. The van der Waals surface area contributed by atoms with E-state index in [1.807, 2.05) is 6.07 Å². The highest BCUT2D eigenvalue weighted by Gasteiger charge is 2.20. The first kappa shape index (κ1) is 11.1. The summed E-state index contributed by atoms with van der Waals surface area (Å²) in [5.74, 6) is 0.399. The van der Waals surface area contributed by atoms with Gasteiger partial charge in [-0.3, -0.25) is 4.68 Å². The molecule has 0 aromatic carbocycles. The quantitative estimate of drug-likeness (QED) is 0.834. The second-order valence-corrected chi connectivity index (χ2v) is 4.32. The van der Waals surface area contributed by atoms with Crippen LogP contribution in [0.2, 0.25) is 0 Å². The third-order valence-electron chi connectivity index (χ3n) is 2.62. The maximum absolute atomic E-state index is 5.36. The Hall–Kier alpha value is -2.02. The molecule has 1 N–H and O–H groups in total. The van der Waals surface area contributed by atoms with Crippen LogP contribution in [0, 0.1) is 0 Å². The first-order chi connectivity index (χ1) is 8.79. The van der Waals surface area contributed by atoms with Crippen molar-refractivity contribution in [3.05, 3.63) is 24.2 Å². The lowest BCUT2D eigenvalue weighted by Crippen LogP contribution is -2.16. The molecule has 0 atom stereocenters. The molecule has 2 heterocycles. The third-order valence-corrected chi connectivity index (χ3v) is 2.62. The monoisotopic (exact) mass is 246 g/mol. The zero-order chi connectivity index (χ0) is 12.4. The van der Waals surface area contributed by atoms with Gasteiger partial charge in [-0.2, -0.15) is 10.1 Å². The van der Waals surface area contributed by atoms with Gasteiger partial charge in [-0.1, -0.05) is 0 Å². The summed E-state index contributed by atoms with van der Waals surface area (Å²) in [7, 11) is 1.78. The fourth-order valence-electron chi connectivity index (χ4n) is 1.49. The van der Waals surface area contributed by atoms with E-state index in [-0.39, 0.29) is 6.01 Å². The maximum Gasteiger partial charge on any atom is 0.342 e. The summed E-state index contributed by atoms with van der Waals surface area (Å²) in [4.78, 5) is 3.95. The predicted molar refractivity (Wildman–Crippen MR) is 63.0 cm³/mol. The summed E-state index contributed by atoms with van der Waals surface area (Å²) in [5, 5.41) is 15.4. The van der Waals surface area contributed by atoms with Gasteiger partial charge in [0.05, 0.1) is 5.69 Å². The SMILES string of the molecule is Cn1cnc(Oc2ccc(CNC3CC3)nn2)n1. The van der Waals surface area contributed by atoms with E-state index in [0.29, 0.717) is 11.9 Å². The smallest absolute Gasteiger partial charge is 0.342 e. The Labute approximate surface area is 104 Å². The molecule has 1 saturated carbocycles. The zero-order valence-electron chi connectivity index (χ0n) is 10.1. The molecule has 3 rings (SSSR count). The highest BCUT2D eigenvalue weighted by atomic mass is 16.5. The number of aryl methyl sites for hydroxylation is 1. The lowest BCUT2D eigenvalue weighted by molar-refractivity contribution is 0.415. The van der Waals surface area contributed by atoms with Gasteiger partial charge in [-0.05, 0) is 18.9 Å². The van der Waals surface area contributed by atoms with Crippen molar-refractivity contribution in [1.82, 2.24) is 30.3 Å². The lowest BCUT2D eigenvalue weighted by atomic mass is 10.4. The number of hydrogen-bond donors (Lipinski definition) is 1.